The monoisotopic (exact) mass is 294 g/mol. The summed E-state index contributed by atoms with van der Waals surface area (Å²) in [5.41, 5.74) is 1.03. The maximum absolute atomic E-state index is 11.4. The molecule has 0 heterocycles. The third-order valence-corrected chi connectivity index (χ3v) is 2.72. The molecular formula is C16H22O5. The molecule has 1 rings (SSSR count). The third-order valence-electron chi connectivity index (χ3n) is 2.72. The summed E-state index contributed by atoms with van der Waals surface area (Å²) >= 11 is 0. The Morgan fingerprint density at radius 3 is 2.29 bits per heavy atom. The molecule has 0 fully saturated rings. The van der Waals surface area contributed by atoms with E-state index in [-0.39, 0.29) is 31.6 Å². The molecule has 0 spiro atoms. The Labute approximate surface area is 125 Å². The van der Waals surface area contributed by atoms with Crippen molar-refractivity contribution in [2.45, 2.75) is 39.4 Å². The van der Waals surface area contributed by atoms with Gasteiger partial charge in [0.15, 0.2) is 6.10 Å². The minimum absolute atomic E-state index is 0.0210. The number of ether oxygens (including phenoxy) is 3. The molecule has 1 unspecified atom stereocenters. The van der Waals surface area contributed by atoms with Gasteiger partial charge in [0.05, 0.1) is 13.2 Å². The van der Waals surface area contributed by atoms with Gasteiger partial charge in [-0.05, 0) is 5.56 Å². The van der Waals surface area contributed by atoms with Crippen LogP contribution in [0.2, 0.25) is 0 Å². The lowest BCUT2D eigenvalue weighted by Crippen LogP contribution is -2.29. The van der Waals surface area contributed by atoms with Gasteiger partial charge in [-0.3, -0.25) is 9.59 Å². The Hall–Kier alpha value is -1.88. The second-order valence-corrected chi connectivity index (χ2v) is 4.50. The highest BCUT2D eigenvalue weighted by atomic mass is 16.6. The lowest BCUT2D eigenvalue weighted by Gasteiger charge is -2.17. The number of hydrogen-bond donors (Lipinski definition) is 0. The van der Waals surface area contributed by atoms with Crippen LogP contribution in [0.3, 0.4) is 0 Å². The van der Waals surface area contributed by atoms with Crippen molar-refractivity contribution in [1.29, 1.82) is 0 Å². The first-order valence-electron chi connectivity index (χ1n) is 7.12. The number of esters is 2. The predicted molar refractivity (Wildman–Crippen MR) is 77.5 cm³/mol. The lowest BCUT2D eigenvalue weighted by atomic mass is 10.2. The summed E-state index contributed by atoms with van der Waals surface area (Å²) in [6.45, 7) is 4.05. The molecule has 0 amide bonds. The van der Waals surface area contributed by atoms with Crippen LogP contribution in [0.4, 0.5) is 0 Å². The molecule has 5 heteroatoms. The molecule has 21 heavy (non-hydrogen) atoms. The first-order valence-corrected chi connectivity index (χ1v) is 7.12. The van der Waals surface area contributed by atoms with Crippen LogP contribution in [0, 0.1) is 0 Å². The number of carbonyl (C=O) groups excluding carboxylic acids is 2. The zero-order valence-electron chi connectivity index (χ0n) is 12.5. The summed E-state index contributed by atoms with van der Waals surface area (Å²) in [6.07, 6.45) is -0.00683. The van der Waals surface area contributed by atoms with Crippen molar-refractivity contribution >= 4 is 11.9 Å². The minimum atomic E-state index is -0.573. The minimum Gasteiger partial charge on any atom is -0.462 e. The number of benzene rings is 1. The zero-order valence-corrected chi connectivity index (χ0v) is 12.5. The first kappa shape index (κ1) is 17.2. The molecule has 0 N–H and O–H groups in total. The summed E-state index contributed by atoms with van der Waals surface area (Å²) < 4.78 is 15.7. The van der Waals surface area contributed by atoms with Gasteiger partial charge < -0.3 is 14.2 Å². The molecule has 0 aromatic heterocycles. The van der Waals surface area contributed by atoms with Crippen LogP contribution < -0.4 is 0 Å². The smallest absolute Gasteiger partial charge is 0.305 e. The van der Waals surface area contributed by atoms with E-state index in [0.29, 0.717) is 13.0 Å². The van der Waals surface area contributed by atoms with E-state index in [2.05, 4.69) is 0 Å². The second kappa shape index (κ2) is 9.94. The Morgan fingerprint density at radius 2 is 1.67 bits per heavy atom. The summed E-state index contributed by atoms with van der Waals surface area (Å²) in [5, 5.41) is 0. The summed E-state index contributed by atoms with van der Waals surface area (Å²) in [4.78, 5) is 22.5. The molecule has 116 valence electrons. The van der Waals surface area contributed by atoms with Crippen LogP contribution in [-0.4, -0.2) is 31.3 Å². The summed E-state index contributed by atoms with van der Waals surface area (Å²) in [6, 6.07) is 9.68. The van der Waals surface area contributed by atoms with Crippen LogP contribution in [0.1, 0.15) is 32.3 Å². The molecule has 1 atom stereocenters. The second-order valence-electron chi connectivity index (χ2n) is 4.50. The topological polar surface area (TPSA) is 61.8 Å². The molecule has 5 nitrogen and oxygen atoms in total. The third kappa shape index (κ3) is 7.46. The van der Waals surface area contributed by atoms with Crippen molar-refractivity contribution in [3.05, 3.63) is 35.9 Å². The van der Waals surface area contributed by atoms with Crippen molar-refractivity contribution in [1.82, 2.24) is 0 Å². The van der Waals surface area contributed by atoms with Gasteiger partial charge in [-0.15, -0.1) is 0 Å². The van der Waals surface area contributed by atoms with Gasteiger partial charge in [0, 0.05) is 12.8 Å². The van der Waals surface area contributed by atoms with E-state index >= 15 is 0 Å². The van der Waals surface area contributed by atoms with Gasteiger partial charge in [0.1, 0.15) is 6.61 Å². The number of rotatable bonds is 9. The van der Waals surface area contributed by atoms with Crippen LogP contribution in [0.25, 0.3) is 0 Å². The van der Waals surface area contributed by atoms with Crippen molar-refractivity contribution in [3.63, 3.8) is 0 Å². The Kier molecular flexibility index (Phi) is 8.12. The number of hydrogen-bond acceptors (Lipinski definition) is 5. The van der Waals surface area contributed by atoms with Crippen LogP contribution in [-0.2, 0) is 30.4 Å². The van der Waals surface area contributed by atoms with Gasteiger partial charge in [-0.25, -0.2) is 0 Å². The Balaban J connectivity index is 2.40. The highest BCUT2D eigenvalue weighted by Gasteiger charge is 2.16. The average molecular weight is 294 g/mol. The van der Waals surface area contributed by atoms with E-state index in [9.17, 15) is 9.59 Å². The fraction of sp³-hybridized carbons (Fsp3) is 0.500. The van der Waals surface area contributed by atoms with Gasteiger partial charge >= 0.3 is 11.9 Å². The first-order chi connectivity index (χ1) is 10.2. The fourth-order valence-corrected chi connectivity index (χ4v) is 1.56. The molecule has 1 aromatic carbocycles. The summed E-state index contributed by atoms with van der Waals surface area (Å²) in [5.74, 6) is -0.661. The fourth-order valence-electron chi connectivity index (χ4n) is 1.56. The van der Waals surface area contributed by atoms with Gasteiger partial charge in [0.25, 0.3) is 0 Å². The van der Waals surface area contributed by atoms with Gasteiger partial charge in [0.2, 0.25) is 0 Å². The maximum Gasteiger partial charge on any atom is 0.305 e. The number of carbonyl (C=O) groups is 2. The van der Waals surface area contributed by atoms with Gasteiger partial charge in [-0.2, -0.15) is 0 Å². The molecule has 0 aliphatic heterocycles. The predicted octanol–water partition coefficient (Wildman–Crippen LogP) is 2.48. The largest absolute Gasteiger partial charge is 0.462 e. The molecular weight excluding hydrogens is 272 g/mol. The normalized spacial score (nSPS) is 11.7. The van der Waals surface area contributed by atoms with E-state index in [4.69, 9.17) is 14.2 Å². The van der Waals surface area contributed by atoms with Crippen LogP contribution in [0.5, 0.6) is 0 Å². The molecule has 0 saturated carbocycles. The van der Waals surface area contributed by atoms with Crippen molar-refractivity contribution in [2.24, 2.45) is 0 Å². The van der Waals surface area contributed by atoms with Gasteiger partial charge in [-0.1, -0.05) is 44.2 Å². The van der Waals surface area contributed by atoms with Crippen molar-refractivity contribution in [2.75, 3.05) is 13.2 Å². The quantitative estimate of drug-likeness (QED) is 0.655. The van der Waals surface area contributed by atoms with Crippen molar-refractivity contribution in [3.8, 4) is 0 Å². The van der Waals surface area contributed by atoms with E-state index in [0.717, 1.165) is 5.56 Å². The standard InChI is InChI=1S/C16H22O5/c1-3-15(17)20-12-14(21-16(18)4-2)11-19-10-13-8-6-5-7-9-13/h5-9,14H,3-4,10-12H2,1-2H3. The van der Waals surface area contributed by atoms with E-state index in [1.54, 1.807) is 13.8 Å². The molecule has 0 bridgehead atoms. The van der Waals surface area contributed by atoms with E-state index in [1.165, 1.54) is 0 Å². The van der Waals surface area contributed by atoms with Crippen LogP contribution in [0.15, 0.2) is 30.3 Å². The van der Waals surface area contributed by atoms with Crippen molar-refractivity contribution < 1.29 is 23.8 Å². The Morgan fingerprint density at radius 1 is 1.00 bits per heavy atom. The van der Waals surface area contributed by atoms with E-state index < -0.39 is 6.10 Å². The highest BCUT2D eigenvalue weighted by Crippen LogP contribution is 2.04. The highest BCUT2D eigenvalue weighted by molar-refractivity contribution is 5.70. The maximum atomic E-state index is 11.4. The molecule has 0 aliphatic carbocycles. The molecule has 0 radical (unpaired) electrons. The van der Waals surface area contributed by atoms with E-state index in [1.807, 2.05) is 30.3 Å². The molecule has 1 aromatic rings. The molecule has 0 saturated heterocycles. The SMILES string of the molecule is CCC(=O)OCC(COCc1ccccc1)OC(=O)CC. The zero-order chi connectivity index (χ0) is 15.5. The average Bonchev–Trinajstić information content (AvgIpc) is 2.52. The lowest BCUT2D eigenvalue weighted by molar-refractivity contribution is -0.162. The summed E-state index contributed by atoms with van der Waals surface area (Å²) in [7, 11) is 0. The molecule has 0 aliphatic rings. The van der Waals surface area contributed by atoms with Crippen LogP contribution >= 0.6 is 0 Å². The Bertz CT molecular complexity index is 430.